The van der Waals surface area contributed by atoms with E-state index in [0.717, 1.165) is 50.5 Å². The van der Waals surface area contributed by atoms with Crippen molar-refractivity contribution in [2.24, 2.45) is 7.05 Å². The number of aliphatic hydroxyl groups excluding tert-OH is 1. The second-order valence-corrected chi connectivity index (χ2v) is 10.8. The molecule has 2 bridgehead atoms. The Morgan fingerprint density at radius 3 is 2.74 bits per heavy atom. The van der Waals surface area contributed by atoms with Crippen molar-refractivity contribution in [2.75, 3.05) is 33.4 Å². The predicted molar refractivity (Wildman–Crippen MR) is 151 cm³/mol. The molecule has 0 spiro atoms. The van der Waals surface area contributed by atoms with Gasteiger partial charge in [0.15, 0.2) is 5.72 Å². The van der Waals surface area contributed by atoms with Crippen LogP contribution >= 0.6 is 0 Å². The molecule has 0 aromatic carbocycles. The molecule has 0 saturated carbocycles. The molecule has 3 atom stereocenters. The summed E-state index contributed by atoms with van der Waals surface area (Å²) >= 11 is 0. The fourth-order valence-electron chi connectivity index (χ4n) is 5.70. The summed E-state index contributed by atoms with van der Waals surface area (Å²) in [5.74, 6) is 0.692. The van der Waals surface area contributed by atoms with Crippen LogP contribution in [0.15, 0.2) is 23.4 Å². The standard InChI is InChI=1S/C28H40N8O3/c1-9-38-28(6)21-10-11-22-20-12-23(29-19(5)26(20)31-30-22)25-18(4)32-35(8)27(25)39-17(3)13-34(7)14-24(21)36(33-28)16(2)15-37/h10-12,16-17,33,37H,9,13-15H2,1-8H3,(H,30,31)/b11-10+/t16-,17+,28?/m1/s1. The maximum Gasteiger partial charge on any atom is 0.221 e. The highest BCUT2D eigenvalue weighted by molar-refractivity contribution is 5.91. The van der Waals surface area contributed by atoms with Gasteiger partial charge in [-0.25, -0.2) is 4.68 Å². The van der Waals surface area contributed by atoms with Gasteiger partial charge in [0, 0.05) is 37.7 Å². The molecule has 11 heteroatoms. The average Bonchev–Trinajstić information content (AvgIpc) is 3.49. The van der Waals surface area contributed by atoms with E-state index in [1.165, 1.54) is 0 Å². The smallest absolute Gasteiger partial charge is 0.221 e. The Morgan fingerprint density at radius 2 is 2.03 bits per heavy atom. The first-order valence-electron chi connectivity index (χ1n) is 13.5. The Bertz CT molecular complexity index is 1440. The maximum atomic E-state index is 10.1. The Morgan fingerprint density at radius 1 is 1.26 bits per heavy atom. The number of hydrogen-bond donors (Lipinski definition) is 3. The first-order chi connectivity index (χ1) is 18.6. The highest BCUT2D eigenvalue weighted by Gasteiger charge is 2.42. The SMILES string of the molecule is CCOC1(C)NN([C@H](C)CO)C2=C1/C=C/c1[nH]nc3c(C)nc(cc13)-c1c(C)nn(C)c1O[C@@H](C)CN(C)C2. The van der Waals surface area contributed by atoms with Crippen molar-refractivity contribution in [3.05, 3.63) is 40.5 Å². The molecule has 11 nitrogen and oxygen atoms in total. The van der Waals surface area contributed by atoms with Crippen LogP contribution in [0.1, 0.15) is 44.8 Å². The number of rotatable bonds is 4. The molecular weight excluding hydrogens is 496 g/mol. The zero-order valence-corrected chi connectivity index (χ0v) is 24.2. The summed E-state index contributed by atoms with van der Waals surface area (Å²) in [5, 5.41) is 25.5. The van der Waals surface area contributed by atoms with E-state index in [1.54, 1.807) is 4.68 Å². The second-order valence-electron chi connectivity index (χ2n) is 10.8. The highest BCUT2D eigenvalue weighted by atomic mass is 16.5. The lowest BCUT2D eigenvalue weighted by Crippen LogP contribution is -2.52. The Labute approximate surface area is 229 Å². The third kappa shape index (κ3) is 4.84. The summed E-state index contributed by atoms with van der Waals surface area (Å²) in [6.07, 6.45) is 4.02. The molecule has 5 rings (SSSR count). The lowest BCUT2D eigenvalue weighted by atomic mass is 10.0. The van der Waals surface area contributed by atoms with Crippen LogP contribution in [0.2, 0.25) is 0 Å². The lowest BCUT2D eigenvalue weighted by Gasteiger charge is -2.33. The summed E-state index contributed by atoms with van der Waals surface area (Å²) in [5.41, 5.74) is 9.87. The molecule has 5 heterocycles. The van der Waals surface area contributed by atoms with Crippen LogP contribution in [-0.4, -0.2) is 91.2 Å². The quantitative estimate of drug-likeness (QED) is 0.463. The summed E-state index contributed by atoms with van der Waals surface area (Å²) in [6, 6.07) is 1.90. The van der Waals surface area contributed by atoms with E-state index >= 15 is 0 Å². The van der Waals surface area contributed by atoms with Crippen molar-refractivity contribution >= 4 is 17.0 Å². The molecule has 3 aromatic heterocycles. The average molecular weight is 537 g/mol. The van der Waals surface area contributed by atoms with Crippen molar-refractivity contribution in [1.82, 2.24) is 40.3 Å². The van der Waals surface area contributed by atoms with Crippen LogP contribution in [0.5, 0.6) is 5.88 Å². The van der Waals surface area contributed by atoms with Gasteiger partial charge in [-0.2, -0.15) is 15.6 Å². The van der Waals surface area contributed by atoms with Gasteiger partial charge in [-0.15, -0.1) is 0 Å². The van der Waals surface area contributed by atoms with Crippen LogP contribution in [-0.2, 0) is 11.8 Å². The minimum absolute atomic E-state index is 0.00177. The van der Waals surface area contributed by atoms with Crippen LogP contribution < -0.4 is 10.2 Å². The number of nitrogens with one attached hydrogen (secondary N) is 2. The summed E-state index contributed by atoms with van der Waals surface area (Å²) in [6.45, 7) is 13.9. The van der Waals surface area contributed by atoms with E-state index in [9.17, 15) is 5.11 Å². The van der Waals surface area contributed by atoms with Crippen LogP contribution in [0.3, 0.4) is 0 Å². The minimum Gasteiger partial charge on any atom is -0.473 e. The molecule has 3 aromatic rings. The van der Waals surface area contributed by atoms with Gasteiger partial charge in [0.1, 0.15) is 11.6 Å². The Kier molecular flexibility index (Phi) is 7.27. The normalized spacial score (nSPS) is 23.9. The number of fused-ring (bicyclic) bond motifs is 3. The Hall–Kier alpha value is -3.25. The van der Waals surface area contributed by atoms with Crippen molar-refractivity contribution in [2.45, 2.75) is 59.4 Å². The van der Waals surface area contributed by atoms with Gasteiger partial charge in [0.25, 0.3) is 0 Å². The van der Waals surface area contributed by atoms with Gasteiger partial charge >= 0.3 is 0 Å². The number of nitrogens with zero attached hydrogens (tertiary/aromatic N) is 6. The second kappa shape index (κ2) is 10.4. The third-order valence-electron chi connectivity index (χ3n) is 7.48. The molecule has 1 unspecified atom stereocenters. The first-order valence-corrected chi connectivity index (χ1v) is 13.5. The molecule has 0 aliphatic carbocycles. The number of pyridine rings is 1. The molecule has 3 N–H and O–H groups in total. The number of H-pyrrole nitrogens is 1. The molecule has 2 aliphatic heterocycles. The van der Waals surface area contributed by atoms with Crippen molar-refractivity contribution in [3.63, 3.8) is 0 Å². The van der Waals surface area contributed by atoms with E-state index in [-0.39, 0.29) is 18.8 Å². The first kappa shape index (κ1) is 27.3. The van der Waals surface area contributed by atoms with Gasteiger partial charge in [0.2, 0.25) is 5.88 Å². The van der Waals surface area contributed by atoms with Gasteiger partial charge in [-0.1, -0.05) is 6.08 Å². The van der Waals surface area contributed by atoms with Crippen molar-refractivity contribution < 1.29 is 14.6 Å². The molecule has 0 radical (unpaired) electrons. The molecule has 2 aliphatic rings. The summed E-state index contributed by atoms with van der Waals surface area (Å²) in [7, 11) is 3.98. The monoisotopic (exact) mass is 536 g/mol. The predicted octanol–water partition coefficient (Wildman–Crippen LogP) is 2.91. The van der Waals surface area contributed by atoms with Crippen LogP contribution in [0, 0.1) is 13.8 Å². The van der Waals surface area contributed by atoms with Gasteiger partial charge in [0.05, 0.1) is 46.7 Å². The van der Waals surface area contributed by atoms with Crippen molar-refractivity contribution in [3.8, 4) is 17.1 Å². The van der Waals surface area contributed by atoms with E-state index in [4.69, 9.17) is 14.5 Å². The van der Waals surface area contributed by atoms with E-state index < -0.39 is 5.72 Å². The topological polar surface area (TPSA) is 117 Å². The lowest BCUT2D eigenvalue weighted by molar-refractivity contribution is -0.0559. The number of aryl methyl sites for hydroxylation is 3. The number of likely N-dealkylation sites (N-methyl/N-ethyl adjacent to an activating group) is 1. The summed E-state index contributed by atoms with van der Waals surface area (Å²) in [4.78, 5) is 7.13. The highest BCUT2D eigenvalue weighted by Crippen LogP contribution is 2.37. The van der Waals surface area contributed by atoms with Gasteiger partial charge < -0.3 is 19.6 Å². The third-order valence-corrected chi connectivity index (χ3v) is 7.48. The molecule has 0 fully saturated rings. The number of aromatic nitrogens is 5. The maximum absolute atomic E-state index is 10.1. The van der Waals surface area contributed by atoms with E-state index in [2.05, 4.69) is 57.8 Å². The molecule has 39 heavy (non-hydrogen) atoms. The Balaban J connectivity index is 1.73. The number of hydrogen-bond acceptors (Lipinski definition) is 9. The van der Waals surface area contributed by atoms with Crippen LogP contribution in [0.4, 0.5) is 0 Å². The molecule has 0 amide bonds. The largest absolute Gasteiger partial charge is 0.473 e. The van der Waals surface area contributed by atoms with Gasteiger partial charge in [-0.05, 0) is 60.7 Å². The van der Waals surface area contributed by atoms with Crippen LogP contribution in [0.25, 0.3) is 28.2 Å². The van der Waals surface area contributed by atoms with Gasteiger partial charge in [-0.3, -0.25) is 15.0 Å². The number of ether oxygens (including phenoxy) is 2. The fraction of sp³-hybridized carbons (Fsp3) is 0.536. The molecular formula is C28H40N8O3. The minimum atomic E-state index is -0.765. The van der Waals surface area contributed by atoms with E-state index in [1.807, 2.05) is 46.7 Å². The zero-order valence-electron chi connectivity index (χ0n) is 24.2. The molecule has 0 saturated heterocycles. The van der Waals surface area contributed by atoms with E-state index in [0.29, 0.717) is 25.6 Å². The summed E-state index contributed by atoms with van der Waals surface area (Å²) < 4.78 is 14.6. The number of hydrazine groups is 1. The molecule has 210 valence electrons. The zero-order chi connectivity index (χ0) is 28.1. The van der Waals surface area contributed by atoms with Crippen molar-refractivity contribution in [1.29, 1.82) is 0 Å². The fourth-order valence-corrected chi connectivity index (χ4v) is 5.70. The number of aliphatic hydroxyl groups is 1. The number of aromatic amines is 1.